The van der Waals surface area contributed by atoms with Crippen molar-refractivity contribution in [2.45, 2.75) is 24.3 Å². The highest BCUT2D eigenvalue weighted by molar-refractivity contribution is 8.00. The molecule has 2 rings (SSSR count). The van der Waals surface area contributed by atoms with Gasteiger partial charge in [-0.25, -0.2) is 9.67 Å². The van der Waals surface area contributed by atoms with Gasteiger partial charge in [0, 0.05) is 10.6 Å². The Morgan fingerprint density at radius 1 is 1.39 bits per heavy atom. The van der Waals surface area contributed by atoms with Crippen LogP contribution in [0.3, 0.4) is 0 Å². The zero-order chi connectivity index (χ0) is 17.2. The smallest absolute Gasteiger partial charge is 0.237 e. The van der Waals surface area contributed by atoms with Gasteiger partial charge in [0.05, 0.1) is 16.9 Å². The number of alkyl halides is 3. The first-order valence-electron chi connectivity index (χ1n) is 6.27. The van der Waals surface area contributed by atoms with Crippen LogP contribution >= 0.6 is 23.4 Å². The normalized spacial score (nSPS) is 11.2. The summed E-state index contributed by atoms with van der Waals surface area (Å²) in [7, 11) is 0. The minimum absolute atomic E-state index is 0.0318. The van der Waals surface area contributed by atoms with Crippen LogP contribution in [0.4, 0.5) is 19.0 Å². The molecule has 0 saturated carbocycles. The standard InChI is InChI=1S/C14H10ClF3N4S/c1-8(2)21-13-9(6-19)7-20-22(13)12-4-3-10(5-11(12)15)23-14(16,17)18/h3-5,7H,1-2H3. The SMILES string of the molecule is CC(C)=Nc1c(C#N)cnn1-c1ccc(SC(F)(F)F)cc1Cl. The number of rotatable bonds is 3. The summed E-state index contributed by atoms with van der Waals surface area (Å²) in [6, 6.07) is 5.87. The maximum Gasteiger partial charge on any atom is 0.446 e. The first-order chi connectivity index (χ1) is 10.7. The van der Waals surface area contributed by atoms with Crippen LogP contribution in [-0.4, -0.2) is 21.0 Å². The number of aliphatic imine (C=N–C) groups is 1. The lowest BCUT2D eigenvalue weighted by atomic mass is 10.3. The highest BCUT2D eigenvalue weighted by Crippen LogP contribution is 2.39. The Morgan fingerprint density at radius 3 is 2.61 bits per heavy atom. The van der Waals surface area contributed by atoms with Gasteiger partial charge in [0.1, 0.15) is 11.6 Å². The van der Waals surface area contributed by atoms with Crippen LogP contribution in [-0.2, 0) is 0 Å². The fourth-order valence-corrected chi connectivity index (χ4v) is 2.68. The molecule has 0 amide bonds. The Morgan fingerprint density at radius 2 is 2.09 bits per heavy atom. The molecule has 120 valence electrons. The average molecular weight is 359 g/mol. The van der Waals surface area contributed by atoms with Crippen molar-refractivity contribution in [3.8, 4) is 11.8 Å². The molecular weight excluding hydrogens is 349 g/mol. The molecule has 0 unspecified atom stereocenters. The van der Waals surface area contributed by atoms with Crippen LogP contribution < -0.4 is 0 Å². The first-order valence-corrected chi connectivity index (χ1v) is 7.46. The number of hydrogen-bond acceptors (Lipinski definition) is 4. The average Bonchev–Trinajstić information content (AvgIpc) is 2.79. The van der Waals surface area contributed by atoms with Crippen LogP contribution in [0, 0.1) is 11.3 Å². The first kappa shape index (κ1) is 17.4. The second-order valence-corrected chi connectivity index (χ2v) is 6.17. The van der Waals surface area contributed by atoms with E-state index in [1.165, 1.54) is 29.1 Å². The van der Waals surface area contributed by atoms with Crippen LogP contribution in [0.15, 0.2) is 34.3 Å². The summed E-state index contributed by atoms with van der Waals surface area (Å²) < 4.78 is 38.5. The molecule has 1 aromatic heterocycles. The minimum Gasteiger partial charge on any atom is -0.237 e. The summed E-state index contributed by atoms with van der Waals surface area (Å²) in [5.41, 5.74) is -3.10. The lowest BCUT2D eigenvalue weighted by molar-refractivity contribution is -0.0328. The molecule has 0 spiro atoms. The van der Waals surface area contributed by atoms with Crippen molar-refractivity contribution in [3.63, 3.8) is 0 Å². The molecular formula is C14H10ClF3N4S. The molecule has 0 aliphatic heterocycles. The Balaban J connectivity index is 2.50. The number of thioether (sulfide) groups is 1. The lowest BCUT2D eigenvalue weighted by Gasteiger charge is -2.10. The van der Waals surface area contributed by atoms with Gasteiger partial charge in [0.2, 0.25) is 0 Å². The topological polar surface area (TPSA) is 54.0 Å². The molecule has 9 heteroatoms. The van der Waals surface area contributed by atoms with Crippen LogP contribution in [0.2, 0.25) is 5.02 Å². The maximum absolute atomic E-state index is 12.4. The Hall–Kier alpha value is -1.98. The number of benzene rings is 1. The molecule has 0 saturated heterocycles. The number of halogens is 4. The number of nitriles is 1. The van der Waals surface area contributed by atoms with E-state index in [2.05, 4.69) is 10.1 Å². The second kappa shape index (κ2) is 6.64. The van der Waals surface area contributed by atoms with Crippen molar-refractivity contribution in [3.05, 3.63) is 35.0 Å². The van der Waals surface area contributed by atoms with E-state index in [9.17, 15) is 13.2 Å². The lowest BCUT2D eigenvalue weighted by Crippen LogP contribution is -2.01. The number of hydrogen-bond donors (Lipinski definition) is 0. The third-order valence-electron chi connectivity index (χ3n) is 2.57. The van der Waals surface area contributed by atoms with Gasteiger partial charge in [-0.1, -0.05) is 11.6 Å². The van der Waals surface area contributed by atoms with E-state index in [0.29, 0.717) is 11.4 Å². The Kier molecular flexibility index (Phi) is 5.02. The van der Waals surface area contributed by atoms with Gasteiger partial charge in [-0.3, -0.25) is 0 Å². The van der Waals surface area contributed by atoms with Gasteiger partial charge in [-0.15, -0.1) is 0 Å². The zero-order valence-corrected chi connectivity index (χ0v) is 13.6. The van der Waals surface area contributed by atoms with E-state index in [0.717, 1.165) is 0 Å². The zero-order valence-electron chi connectivity index (χ0n) is 12.0. The Bertz CT molecular complexity index is 801. The van der Waals surface area contributed by atoms with E-state index in [1.807, 2.05) is 6.07 Å². The minimum atomic E-state index is -4.39. The molecule has 2 aromatic rings. The highest BCUT2D eigenvalue weighted by atomic mass is 35.5. The highest BCUT2D eigenvalue weighted by Gasteiger charge is 2.29. The number of aromatic nitrogens is 2. The van der Waals surface area contributed by atoms with E-state index in [-0.39, 0.29) is 33.1 Å². The summed E-state index contributed by atoms with van der Waals surface area (Å²) in [6.45, 7) is 3.51. The van der Waals surface area contributed by atoms with Crippen molar-refractivity contribution < 1.29 is 13.2 Å². The van der Waals surface area contributed by atoms with Crippen LogP contribution in [0.1, 0.15) is 19.4 Å². The fourth-order valence-electron chi connectivity index (χ4n) is 1.77. The quantitative estimate of drug-likeness (QED) is 0.565. The van der Waals surface area contributed by atoms with Crippen LogP contribution in [0.5, 0.6) is 0 Å². The van der Waals surface area contributed by atoms with E-state index < -0.39 is 5.51 Å². The van der Waals surface area contributed by atoms with Crippen molar-refractivity contribution in [2.75, 3.05) is 0 Å². The van der Waals surface area contributed by atoms with E-state index >= 15 is 0 Å². The van der Waals surface area contributed by atoms with Crippen molar-refractivity contribution in [1.82, 2.24) is 9.78 Å². The third-order valence-corrected chi connectivity index (χ3v) is 3.60. The molecule has 1 aromatic carbocycles. The monoisotopic (exact) mass is 358 g/mol. The van der Waals surface area contributed by atoms with Gasteiger partial charge in [-0.2, -0.15) is 23.5 Å². The molecule has 0 aliphatic carbocycles. The maximum atomic E-state index is 12.4. The van der Waals surface area contributed by atoms with Gasteiger partial charge < -0.3 is 0 Å². The van der Waals surface area contributed by atoms with Crippen molar-refractivity contribution in [1.29, 1.82) is 5.26 Å². The van der Waals surface area contributed by atoms with E-state index in [4.69, 9.17) is 16.9 Å². The molecule has 1 heterocycles. The molecule has 0 atom stereocenters. The molecule has 0 N–H and O–H groups in total. The van der Waals surface area contributed by atoms with Crippen molar-refractivity contribution >= 4 is 34.9 Å². The Labute approximate surface area is 139 Å². The van der Waals surface area contributed by atoms with Gasteiger partial charge in [-0.05, 0) is 43.8 Å². The van der Waals surface area contributed by atoms with Gasteiger partial charge >= 0.3 is 5.51 Å². The van der Waals surface area contributed by atoms with E-state index in [1.54, 1.807) is 13.8 Å². The summed E-state index contributed by atoms with van der Waals surface area (Å²) in [6.07, 6.45) is 1.33. The number of nitrogens with zero attached hydrogens (tertiary/aromatic N) is 4. The molecule has 0 aliphatic rings. The molecule has 0 fully saturated rings. The second-order valence-electron chi connectivity index (χ2n) is 4.63. The predicted octanol–water partition coefficient (Wildman–Crippen LogP) is 5.12. The summed E-state index contributed by atoms with van der Waals surface area (Å²) in [5, 5.41) is 13.2. The molecule has 0 bridgehead atoms. The fraction of sp³-hybridized carbons (Fsp3) is 0.214. The van der Waals surface area contributed by atoms with Gasteiger partial charge in [0.25, 0.3) is 0 Å². The predicted molar refractivity (Wildman–Crippen MR) is 83.6 cm³/mol. The molecule has 4 nitrogen and oxygen atoms in total. The summed E-state index contributed by atoms with van der Waals surface area (Å²) in [5.74, 6) is 0.283. The van der Waals surface area contributed by atoms with Crippen LogP contribution in [0.25, 0.3) is 5.69 Å². The molecule has 0 radical (unpaired) electrons. The molecule has 23 heavy (non-hydrogen) atoms. The summed E-state index contributed by atoms with van der Waals surface area (Å²) >= 11 is 5.83. The largest absolute Gasteiger partial charge is 0.446 e. The van der Waals surface area contributed by atoms with Gasteiger partial charge in [0.15, 0.2) is 5.82 Å². The van der Waals surface area contributed by atoms with Crippen molar-refractivity contribution in [2.24, 2.45) is 4.99 Å². The third kappa shape index (κ3) is 4.27. The summed E-state index contributed by atoms with van der Waals surface area (Å²) in [4.78, 5) is 4.21.